The average Bonchev–Trinajstić information content (AvgIpc) is 2.87. The molecule has 1 N–H and O–H groups in total. The number of rotatable bonds is 2. The maximum atomic E-state index is 11.7. The van der Waals surface area contributed by atoms with Gasteiger partial charge < -0.3 is 15.1 Å². The molecule has 0 aromatic heterocycles. The molecule has 0 bridgehead atoms. The molecule has 3 heterocycles. The smallest absolute Gasteiger partial charge is 0.220 e. The maximum absolute atomic E-state index is 11.7. The first-order valence-corrected chi connectivity index (χ1v) is 10.9. The minimum absolute atomic E-state index is 0.248. The number of amides is 1. The largest absolute Gasteiger partial charge is 0.371 e. The van der Waals surface area contributed by atoms with Gasteiger partial charge in [0.2, 0.25) is 5.91 Å². The fraction of sp³-hybridized carbons (Fsp3) is 0.682. The summed E-state index contributed by atoms with van der Waals surface area (Å²) in [6, 6.07) is 7.15. The van der Waals surface area contributed by atoms with Crippen LogP contribution in [0, 0.1) is 12.3 Å². The average molecular weight is 390 g/mol. The van der Waals surface area contributed by atoms with Crippen LogP contribution in [0.1, 0.15) is 50.5 Å². The van der Waals surface area contributed by atoms with Crippen molar-refractivity contribution in [2.24, 2.45) is 5.41 Å². The van der Waals surface area contributed by atoms with Crippen molar-refractivity contribution in [3.63, 3.8) is 0 Å². The summed E-state index contributed by atoms with van der Waals surface area (Å²) in [5, 5.41) is 3.92. The lowest BCUT2D eigenvalue weighted by molar-refractivity contribution is -0.121. The zero-order valence-corrected chi connectivity index (χ0v) is 17.2. The van der Waals surface area contributed by atoms with Crippen LogP contribution in [0.4, 0.5) is 5.69 Å². The first kappa shape index (κ1) is 19.1. The molecule has 0 radical (unpaired) electrons. The van der Waals surface area contributed by atoms with Gasteiger partial charge in [0.25, 0.3) is 0 Å². The molecule has 1 spiro atoms. The predicted molar refractivity (Wildman–Crippen MR) is 112 cm³/mol. The number of piperidine rings is 2. The van der Waals surface area contributed by atoms with Crippen LogP contribution >= 0.6 is 11.6 Å². The molecule has 1 aromatic carbocycles. The van der Waals surface area contributed by atoms with E-state index < -0.39 is 0 Å². The highest BCUT2D eigenvalue weighted by atomic mass is 35.5. The summed E-state index contributed by atoms with van der Waals surface area (Å²) in [5.41, 5.74) is 2.82. The summed E-state index contributed by atoms with van der Waals surface area (Å²) in [6.45, 7) is 7.57. The van der Waals surface area contributed by atoms with Gasteiger partial charge in [0.1, 0.15) is 0 Å². The van der Waals surface area contributed by atoms with Crippen LogP contribution in [0.2, 0.25) is 5.02 Å². The second-order valence-corrected chi connectivity index (χ2v) is 9.19. The fourth-order valence-electron chi connectivity index (χ4n) is 5.19. The van der Waals surface area contributed by atoms with Gasteiger partial charge in [0, 0.05) is 42.8 Å². The van der Waals surface area contributed by atoms with Crippen molar-refractivity contribution in [2.45, 2.75) is 57.9 Å². The number of nitrogens with zero attached hydrogens (tertiary/aromatic N) is 2. The molecule has 0 aliphatic carbocycles. The summed E-state index contributed by atoms with van der Waals surface area (Å²) < 4.78 is 0. The Balaban J connectivity index is 1.29. The van der Waals surface area contributed by atoms with Crippen LogP contribution in [0.3, 0.4) is 0 Å². The molecule has 3 fully saturated rings. The zero-order chi connectivity index (χ0) is 18.9. The summed E-state index contributed by atoms with van der Waals surface area (Å²) in [4.78, 5) is 16.9. The molecule has 0 saturated carbocycles. The summed E-state index contributed by atoms with van der Waals surface area (Å²) in [6.07, 6.45) is 7.96. The zero-order valence-electron chi connectivity index (χ0n) is 16.5. The van der Waals surface area contributed by atoms with E-state index in [0.717, 1.165) is 43.1 Å². The van der Waals surface area contributed by atoms with E-state index in [9.17, 15) is 4.79 Å². The first-order chi connectivity index (χ1) is 13.0. The maximum Gasteiger partial charge on any atom is 0.220 e. The standard InChI is InChI=1S/C22H32ClN3O/c1-17-2-3-19(16-20(17)23)25-12-5-18(6-13-25)26-14-9-22(10-15-26)7-4-21(27)24-11-8-22/h2-3,16,18H,4-15H2,1H3,(H,24,27). The molecule has 3 saturated heterocycles. The Bertz CT molecular complexity index is 676. The number of likely N-dealkylation sites (tertiary alicyclic amines) is 1. The summed E-state index contributed by atoms with van der Waals surface area (Å²) in [7, 11) is 0. The van der Waals surface area contributed by atoms with E-state index in [1.165, 1.54) is 50.9 Å². The summed E-state index contributed by atoms with van der Waals surface area (Å²) >= 11 is 6.31. The van der Waals surface area contributed by atoms with E-state index in [4.69, 9.17) is 11.6 Å². The molecule has 4 rings (SSSR count). The molecule has 0 unspecified atom stereocenters. The Morgan fingerprint density at radius 1 is 1.07 bits per heavy atom. The van der Waals surface area contributed by atoms with Crippen LogP contribution in [-0.2, 0) is 4.79 Å². The summed E-state index contributed by atoms with van der Waals surface area (Å²) in [5.74, 6) is 0.248. The van der Waals surface area contributed by atoms with Crippen molar-refractivity contribution in [3.05, 3.63) is 28.8 Å². The number of benzene rings is 1. The number of carbonyl (C=O) groups is 1. The quantitative estimate of drug-likeness (QED) is 0.830. The van der Waals surface area contributed by atoms with Crippen LogP contribution in [-0.4, -0.2) is 49.6 Å². The molecule has 1 aromatic rings. The molecule has 3 aliphatic rings. The van der Waals surface area contributed by atoms with Crippen LogP contribution in [0.25, 0.3) is 0 Å². The van der Waals surface area contributed by atoms with Gasteiger partial charge in [0.05, 0.1) is 0 Å². The Kier molecular flexibility index (Phi) is 5.65. The van der Waals surface area contributed by atoms with Gasteiger partial charge in [0.15, 0.2) is 0 Å². The normalized spacial score (nSPS) is 24.7. The minimum Gasteiger partial charge on any atom is -0.371 e. The van der Waals surface area contributed by atoms with Crippen molar-refractivity contribution in [1.82, 2.24) is 10.2 Å². The molecule has 4 nitrogen and oxygen atoms in total. The fourth-order valence-corrected chi connectivity index (χ4v) is 5.37. The lowest BCUT2D eigenvalue weighted by Crippen LogP contribution is -2.49. The number of halogens is 1. The number of hydrogen-bond acceptors (Lipinski definition) is 3. The topological polar surface area (TPSA) is 35.6 Å². The number of nitrogens with one attached hydrogen (secondary N) is 1. The van der Waals surface area contributed by atoms with Gasteiger partial charge >= 0.3 is 0 Å². The van der Waals surface area contributed by atoms with Crippen LogP contribution in [0.5, 0.6) is 0 Å². The number of carbonyl (C=O) groups excluding carboxylic acids is 1. The highest BCUT2D eigenvalue weighted by Crippen LogP contribution is 2.41. The Morgan fingerprint density at radius 2 is 1.81 bits per heavy atom. The Hall–Kier alpha value is -1.26. The third-order valence-corrected chi connectivity index (χ3v) is 7.63. The van der Waals surface area contributed by atoms with Crippen molar-refractivity contribution in [3.8, 4) is 0 Å². The minimum atomic E-state index is 0.248. The van der Waals surface area contributed by atoms with Crippen LogP contribution < -0.4 is 10.2 Å². The van der Waals surface area contributed by atoms with Crippen molar-refractivity contribution in [2.75, 3.05) is 37.6 Å². The molecular weight excluding hydrogens is 358 g/mol. The van der Waals surface area contributed by atoms with E-state index in [2.05, 4.69) is 40.2 Å². The van der Waals surface area contributed by atoms with E-state index in [-0.39, 0.29) is 5.91 Å². The third kappa shape index (κ3) is 4.27. The molecule has 27 heavy (non-hydrogen) atoms. The van der Waals surface area contributed by atoms with E-state index in [1.807, 2.05) is 0 Å². The highest BCUT2D eigenvalue weighted by molar-refractivity contribution is 6.31. The highest BCUT2D eigenvalue weighted by Gasteiger charge is 2.38. The van der Waals surface area contributed by atoms with E-state index >= 15 is 0 Å². The number of hydrogen-bond donors (Lipinski definition) is 1. The second-order valence-electron chi connectivity index (χ2n) is 8.79. The first-order valence-electron chi connectivity index (χ1n) is 10.6. The van der Waals surface area contributed by atoms with Gasteiger partial charge in [-0.15, -0.1) is 0 Å². The monoisotopic (exact) mass is 389 g/mol. The molecule has 3 aliphatic heterocycles. The van der Waals surface area contributed by atoms with Crippen molar-refractivity contribution < 1.29 is 4.79 Å². The molecule has 0 atom stereocenters. The Labute approximate surface area is 168 Å². The van der Waals surface area contributed by atoms with E-state index in [1.54, 1.807) is 0 Å². The van der Waals surface area contributed by atoms with Crippen molar-refractivity contribution >= 4 is 23.2 Å². The Morgan fingerprint density at radius 3 is 2.52 bits per heavy atom. The van der Waals surface area contributed by atoms with E-state index in [0.29, 0.717) is 11.5 Å². The predicted octanol–water partition coefficient (Wildman–Crippen LogP) is 4.00. The van der Waals surface area contributed by atoms with Gasteiger partial charge in [-0.2, -0.15) is 0 Å². The van der Waals surface area contributed by atoms with Gasteiger partial charge in [-0.3, -0.25) is 4.79 Å². The lowest BCUT2D eigenvalue weighted by atomic mass is 9.72. The number of anilines is 1. The van der Waals surface area contributed by atoms with Gasteiger partial charge in [-0.05, 0) is 81.6 Å². The SMILES string of the molecule is Cc1ccc(N2CCC(N3CCC4(CCNC(=O)CC4)CC3)CC2)cc1Cl. The molecule has 5 heteroatoms. The van der Waals surface area contributed by atoms with Gasteiger partial charge in [-0.1, -0.05) is 17.7 Å². The third-order valence-electron chi connectivity index (χ3n) is 7.22. The molecule has 1 amide bonds. The number of aryl methyl sites for hydroxylation is 1. The van der Waals surface area contributed by atoms with Crippen LogP contribution in [0.15, 0.2) is 18.2 Å². The molecule has 148 valence electrons. The van der Waals surface area contributed by atoms with Crippen molar-refractivity contribution in [1.29, 1.82) is 0 Å². The lowest BCUT2D eigenvalue weighted by Gasteiger charge is -2.46. The van der Waals surface area contributed by atoms with Gasteiger partial charge in [-0.25, -0.2) is 0 Å². The molecular formula is C22H32ClN3O. The second kappa shape index (κ2) is 8.00.